The summed E-state index contributed by atoms with van der Waals surface area (Å²) in [4.78, 5) is 8.01. The minimum absolute atomic E-state index is 0.139. The summed E-state index contributed by atoms with van der Waals surface area (Å²) in [5.41, 5.74) is 0.139. The minimum Gasteiger partial charge on any atom is -0.370 e. The molecule has 5 aliphatic heterocycles. The number of hydrogen-bond donors (Lipinski definition) is 0. The Bertz CT molecular complexity index is 377. The molecule has 5 saturated heterocycles. The van der Waals surface area contributed by atoms with Crippen LogP contribution in [0.1, 0.15) is 19.3 Å². The second-order valence-corrected chi connectivity index (χ2v) is 6.59. The largest absolute Gasteiger partial charge is 0.370 e. The summed E-state index contributed by atoms with van der Waals surface area (Å²) in [6.45, 7) is 8.13. The van der Waals surface area contributed by atoms with Gasteiger partial charge < -0.3 is 9.47 Å². The van der Waals surface area contributed by atoms with Gasteiger partial charge in [0.05, 0.1) is 13.2 Å². The molecule has 5 nitrogen and oxygen atoms in total. The van der Waals surface area contributed by atoms with E-state index in [1.165, 1.54) is 52.0 Å². The quantitative estimate of drug-likeness (QED) is 0.664. The van der Waals surface area contributed by atoms with Gasteiger partial charge in [0.25, 0.3) is 0 Å². The van der Waals surface area contributed by atoms with Crippen LogP contribution in [0.15, 0.2) is 0 Å². The average molecular weight is 265 g/mol. The van der Waals surface area contributed by atoms with Crippen LogP contribution in [0.3, 0.4) is 0 Å². The molecule has 0 saturated carbocycles. The molecule has 0 aromatic heterocycles. The molecule has 0 aromatic rings. The normalized spacial score (nSPS) is 50.8. The lowest BCUT2D eigenvalue weighted by Gasteiger charge is -2.56. The Balaban J connectivity index is 1.53. The SMILES string of the molecule is C1CN(C2(C3CO3)C(N3CC3)CCN2C2CCO2)C1. The Morgan fingerprint density at radius 2 is 1.74 bits per heavy atom. The first-order valence-electron chi connectivity index (χ1n) is 7.90. The molecule has 0 amide bonds. The Kier molecular flexibility index (Phi) is 2.36. The lowest BCUT2D eigenvalue weighted by molar-refractivity contribution is -0.220. The van der Waals surface area contributed by atoms with Gasteiger partial charge in [-0.05, 0) is 12.8 Å². The molecule has 0 radical (unpaired) electrons. The van der Waals surface area contributed by atoms with Crippen LogP contribution in [-0.2, 0) is 9.47 Å². The van der Waals surface area contributed by atoms with E-state index in [0.29, 0.717) is 18.4 Å². The number of likely N-dealkylation sites (tertiary alicyclic amines) is 2. The summed E-state index contributed by atoms with van der Waals surface area (Å²) < 4.78 is 11.7. The summed E-state index contributed by atoms with van der Waals surface area (Å²) >= 11 is 0. The minimum atomic E-state index is 0.139. The van der Waals surface area contributed by atoms with Crippen LogP contribution in [0.4, 0.5) is 0 Å². The van der Waals surface area contributed by atoms with Crippen LogP contribution in [0.5, 0.6) is 0 Å². The fraction of sp³-hybridized carbons (Fsp3) is 1.00. The zero-order chi connectivity index (χ0) is 12.4. The van der Waals surface area contributed by atoms with Crippen molar-refractivity contribution in [2.75, 3.05) is 45.9 Å². The molecule has 4 atom stereocenters. The van der Waals surface area contributed by atoms with E-state index < -0.39 is 0 Å². The van der Waals surface area contributed by atoms with Crippen molar-refractivity contribution in [3.63, 3.8) is 0 Å². The van der Waals surface area contributed by atoms with Crippen LogP contribution in [-0.4, -0.2) is 84.7 Å². The van der Waals surface area contributed by atoms with Crippen LogP contribution in [0.2, 0.25) is 0 Å². The monoisotopic (exact) mass is 265 g/mol. The van der Waals surface area contributed by atoms with E-state index in [2.05, 4.69) is 14.7 Å². The first kappa shape index (κ1) is 11.5. The molecular formula is C14H23N3O2. The molecule has 106 valence electrons. The number of epoxide rings is 1. The highest BCUT2D eigenvalue weighted by Crippen LogP contribution is 2.49. The maximum atomic E-state index is 5.84. The molecule has 5 heteroatoms. The second-order valence-electron chi connectivity index (χ2n) is 6.59. The maximum Gasteiger partial charge on any atom is 0.121 e. The van der Waals surface area contributed by atoms with Crippen LogP contribution < -0.4 is 0 Å². The van der Waals surface area contributed by atoms with Crippen molar-refractivity contribution in [1.82, 2.24) is 14.7 Å². The fourth-order valence-electron chi connectivity index (χ4n) is 4.47. The molecule has 5 rings (SSSR count). The van der Waals surface area contributed by atoms with Gasteiger partial charge >= 0.3 is 0 Å². The lowest BCUT2D eigenvalue weighted by Crippen LogP contribution is -2.73. The van der Waals surface area contributed by atoms with E-state index in [-0.39, 0.29) is 5.66 Å². The first-order valence-corrected chi connectivity index (χ1v) is 7.90. The Morgan fingerprint density at radius 3 is 2.21 bits per heavy atom. The van der Waals surface area contributed by atoms with Crippen molar-refractivity contribution in [2.45, 2.75) is 43.3 Å². The van der Waals surface area contributed by atoms with Gasteiger partial charge in [0.2, 0.25) is 0 Å². The summed E-state index contributed by atoms with van der Waals surface area (Å²) in [7, 11) is 0. The van der Waals surface area contributed by atoms with Crippen molar-refractivity contribution in [3.8, 4) is 0 Å². The van der Waals surface area contributed by atoms with Gasteiger partial charge in [0, 0.05) is 45.2 Å². The number of ether oxygens (including phenoxy) is 2. The van der Waals surface area contributed by atoms with E-state index >= 15 is 0 Å². The third-order valence-electron chi connectivity index (χ3n) is 5.71. The van der Waals surface area contributed by atoms with E-state index in [4.69, 9.17) is 9.47 Å². The van der Waals surface area contributed by atoms with Crippen LogP contribution in [0.25, 0.3) is 0 Å². The predicted molar refractivity (Wildman–Crippen MR) is 69.7 cm³/mol. The van der Waals surface area contributed by atoms with E-state index in [9.17, 15) is 0 Å². The Morgan fingerprint density at radius 1 is 0.947 bits per heavy atom. The van der Waals surface area contributed by atoms with E-state index in [1.54, 1.807) is 0 Å². The number of hydrogen-bond acceptors (Lipinski definition) is 5. The molecule has 4 unspecified atom stereocenters. The zero-order valence-corrected chi connectivity index (χ0v) is 11.5. The topological polar surface area (TPSA) is 31.3 Å². The van der Waals surface area contributed by atoms with Gasteiger partial charge in [0.1, 0.15) is 18.0 Å². The second kappa shape index (κ2) is 3.92. The zero-order valence-electron chi connectivity index (χ0n) is 11.5. The summed E-state index contributed by atoms with van der Waals surface area (Å²) in [6.07, 6.45) is 4.62. The Labute approximate surface area is 114 Å². The lowest BCUT2D eigenvalue weighted by atomic mass is 9.91. The highest BCUT2D eigenvalue weighted by molar-refractivity contribution is 5.17. The molecule has 5 aliphatic rings. The summed E-state index contributed by atoms with van der Waals surface area (Å²) in [5.74, 6) is 0. The van der Waals surface area contributed by atoms with Crippen molar-refractivity contribution in [1.29, 1.82) is 0 Å². The molecule has 19 heavy (non-hydrogen) atoms. The molecule has 5 heterocycles. The average Bonchev–Trinajstić information content (AvgIpc) is 3.16. The van der Waals surface area contributed by atoms with E-state index in [1.807, 2.05) is 0 Å². The van der Waals surface area contributed by atoms with Gasteiger partial charge in [-0.25, -0.2) is 0 Å². The molecule has 5 fully saturated rings. The standard InChI is InChI=1S/C14H23N3O2/c1-4-16(5-1)14(12-10-19-12)11(15-7-8-15)2-6-17(14)13-3-9-18-13/h11-13H,1-10H2. The van der Waals surface area contributed by atoms with Crippen molar-refractivity contribution < 1.29 is 9.47 Å². The molecular weight excluding hydrogens is 242 g/mol. The van der Waals surface area contributed by atoms with Gasteiger partial charge in [-0.3, -0.25) is 14.7 Å². The molecule has 0 bridgehead atoms. The van der Waals surface area contributed by atoms with E-state index in [0.717, 1.165) is 13.2 Å². The molecule has 0 N–H and O–H groups in total. The molecule has 0 spiro atoms. The van der Waals surface area contributed by atoms with Gasteiger partial charge in [0.15, 0.2) is 0 Å². The van der Waals surface area contributed by atoms with Gasteiger partial charge in [-0.15, -0.1) is 0 Å². The Hall–Kier alpha value is -0.200. The highest BCUT2D eigenvalue weighted by atomic mass is 16.6. The van der Waals surface area contributed by atoms with Crippen LogP contribution in [0, 0.1) is 0 Å². The molecule has 0 aromatic carbocycles. The molecule has 0 aliphatic carbocycles. The van der Waals surface area contributed by atoms with Gasteiger partial charge in [-0.1, -0.05) is 0 Å². The third kappa shape index (κ3) is 1.48. The van der Waals surface area contributed by atoms with Crippen molar-refractivity contribution in [3.05, 3.63) is 0 Å². The maximum absolute atomic E-state index is 5.84. The van der Waals surface area contributed by atoms with Crippen molar-refractivity contribution in [2.24, 2.45) is 0 Å². The smallest absolute Gasteiger partial charge is 0.121 e. The summed E-state index contributed by atoms with van der Waals surface area (Å²) in [6, 6.07) is 0.671. The van der Waals surface area contributed by atoms with Crippen molar-refractivity contribution >= 4 is 0 Å². The first-order chi connectivity index (χ1) is 9.40. The summed E-state index contributed by atoms with van der Waals surface area (Å²) in [5, 5.41) is 0. The number of rotatable bonds is 4. The van der Waals surface area contributed by atoms with Crippen LogP contribution >= 0.6 is 0 Å². The number of nitrogens with zero attached hydrogens (tertiary/aromatic N) is 3. The highest BCUT2D eigenvalue weighted by Gasteiger charge is 2.66. The third-order valence-corrected chi connectivity index (χ3v) is 5.71. The van der Waals surface area contributed by atoms with Gasteiger partial charge in [-0.2, -0.15) is 0 Å². The predicted octanol–water partition coefficient (Wildman–Crippen LogP) is -0.0765. The fourth-order valence-corrected chi connectivity index (χ4v) is 4.47.